The van der Waals surface area contributed by atoms with Gasteiger partial charge in [0.15, 0.2) is 0 Å². The fourth-order valence-corrected chi connectivity index (χ4v) is 2.73. The third-order valence-electron chi connectivity index (χ3n) is 4.22. The van der Waals surface area contributed by atoms with Crippen molar-refractivity contribution < 1.29 is 22.8 Å². The first-order chi connectivity index (χ1) is 11.6. The number of carbonyl (C=O) groups is 2. The lowest BCUT2D eigenvalue weighted by Gasteiger charge is -2.16. The number of amides is 2. The molecule has 0 aliphatic heterocycles. The molecular formula is C17H20ClF3N2O2. The maximum absolute atomic E-state index is 12.8. The van der Waals surface area contributed by atoms with Crippen molar-refractivity contribution in [3.8, 4) is 0 Å². The topological polar surface area (TPSA) is 49.4 Å². The van der Waals surface area contributed by atoms with Gasteiger partial charge in [-0.05, 0) is 31.0 Å². The summed E-state index contributed by atoms with van der Waals surface area (Å²) in [5.74, 6) is -1.53. The lowest BCUT2D eigenvalue weighted by atomic mass is 10.2. The molecule has 1 aromatic carbocycles. The largest absolute Gasteiger partial charge is 0.416 e. The predicted octanol–water partition coefficient (Wildman–Crippen LogP) is 4.19. The Morgan fingerprint density at radius 3 is 2.60 bits per heavy atom. The third kappa shape index (κ3) is 4.87. The number of nitrogens with one attached hydrogen (secondary N) is 1. The number of alkyl halides is 3. The molecule has 4 nitrogen and oxygen atoms in total. The summed E-state index contributed by atoms with van der Waals surface area (Å²) >= 11 is 5.86. The number of anilines is 1. The van der Waals surface area contributed by atoms with Gasteiger partial charge in [0.05, 0.1) is 28.1 Å². The number of hydrogen-bond donors (Lipinski definition) is 1. The van der Waals surface area contributed by atoms with Crippen LogP contribution >= 0.6 is 11.6 Å². The van der Waals surface area contributed by atoms with E-state index in [2.05, 4.69) is 5.32 Å². The second kappa shape index (κ2) is 7.64. The predicted molar refractivity (Wildman–Crippen MR) is 89.2 cm³/mol. The van der Waals surface area contributed by atoms with Crippen molar-refractivity contribution in [2.75, 3.05) is 18.9 Å². The molecule has 1 saturated carbocycles. The average molecular weight is 377 g/mol. The Bertz CT molecular complexity index is 664. The summed E-state index contributed by atoms with van der Waals surface area (Å²) in [5, 5.41) is 2.43. The van der Waals surface area contributed by atoms with Crippen LogP contribution in [0, 0.1) is 11.8 Å². The summed E-state index contributed by atoms with van der Waals surface area (Å²) in [6.45, 7) is 2.64. The second-order valence-electron chi connectivity index (χ2n) is 6.24. The number of hydrogen-bond acceptors (Lipinski definition) is 2. The molecule has 138 valence electrons. The first-order valence-corrected chi connectivity index (χ1v) is 8.45. The summed E-state index contributed by atoms with van der Waals surface area (Å²) in [7, 11) is 1.69. The number of nitrogens with zero attached hydrogens (tertiary/aromatic N) is 1. The van der Waals surface area contributed by atoms with Crippen LogP contribution in [0.4, 0.5) is 18.9 Å². The minimum absolute atomic E-state index is 0.0185. The Balaban J connectivity index is 1.99. The zero-order valence-electron chi connectivity index (χ0n) is 14.0. The SMILES string of the molecule is CCCCN(C)C(=O)C1CC1C(=O)Nc1cc(C(F)(F)F)ccc1Cl. The van der Waals surface area contributed by atoms with Crippen LogP contribution in [0.3, 0.4) is 0 Å². The molecule has 0 spiro atoms. The van der Waals surface area contributed by atoms with Crippen LogP contribution in [0.25, 0.3) is 0 Å². The monoisotopic (exact) mass is 376 g/mol. The van der Waals surface area contributed by atoms with Crippen LogP contribution in [0.2, 0.25) is 5.02 Å². The number of benzene rings is 1. The van der Waals surface area contributed by atoms with Crippen molar-refractivity contribution in [2.24, 2.45) is 11.8 Å². The maximum atomic E-state index is 12.8. The fraction of sp³-hybridized carbons (Fsp3) is 0.529. The van der Waals surface area contributed by atoms with Crippen LogP contribution in [0.1, 0.15) is 31.7 Å². The Kier molecular flexibility index (Phi) is 5.98. The van der Waals surface area contributed by atoms with Crippen molar-refractivity contribution in [3.05, 3.63) is 28.8 Å². The van der Waals surface area contributed by atoms with Crippen LogP contribution < -0.4 is 5.32 Å². The van der Waals surface area contributed by atoms with Gasteiger partial charge < -0.3 is 10.2 Å². The Morgan fingerprint density at radius 1 is 1.32 bits per heavy atom. The highest BCUT2D eigenvalue weighted by molar-refractivity contribution is 6.33. The molecule has 1 fully saturated rings. The highest BCUT2D eigenvalue weighted by Crippen LogP contribution is 2.41. The van der Waals surface area contributed by atoms with E-state index in [9.17, 15) is 22.8 Å². The molecule has 0 bridgehead atoms. The summed E-state index contributed by atoms with van der Waals surface area (Å²) in [4.78, 5) is 26.0. The summed E-state index contributed by atoms with van der Waals surface area (Å²) in [6.07, 6.45) is -2.28. The maximum Gasteiger partial charge on any atom is 0.416 e. The van der Waals surface area contributed by atoms with Crippen LogP contribution in [-0.2, 0) is 15.8 Å². The Labute approximate surface area is 149 Å². The Morgan fingerprint density at radius 2 is 2.00 bits per heavy atom. The van der Waals surface area contributed by atoms with Gasteiger partial charge in [0, 0.05) is 13.6 Å². The highest BCUT2D eigenvalue weighted by atomic mass is 35.5. The van der Waals surface area contributed by atoms with Crippen LogP contribution in [0.15, 0.2) is 18.2 Å². The van der Waals surface area contributed by atoms with Crippen molar-refractivity contribution in [1.29, 1.82) is 0 Å². The molecule has 1 N–H and O–H groups in total. The molecule has 25 heavy (non-hydrogen) atoms. The highest BCUT2D eigenvalue weighted by Gasteiger charge is 2.49. The standard InChI is InChI=1S/C17H20ClF3N2O2/c1-3-4-7-23(2)16(25)12-9-11(12)15(24)22-14-8-10(17(19,20)21)5-6-13(14)18/h5-6,8,11-12H,3-4,7,9H2,1-2H3,(H,22,24). The molecule has 0 saturated heterocycles. The van der Waals surface area contributed by atoms with Gasteiger partial charge in [-0.1, -0.05) is 24.9 Å². The molecular weight excluding hydrogens is 357 g/mol. The minimum Gasteiger partial charge on any atom is -0.346 e. The summed E-state index contributed by atoms with van der Waals surface area (Å²) < 4.78 is 38.3. The van der Waals surface area contributed by atoms with E-state index in [-0.39, 0.29) is 16.6 Å². The number of rotatable bonds is 6. The van der Waals surface area contributed by atoms with E-state index in [0.29, 0.717) is 13.0 Å². The zero-order valence-corrected chi connectivity index (χ0v) is 14.7. The van der Waals surface area contributed by atoms with Crippen molar-refractivity contribution in [2.45, 2.75) is 32.4 Å². The van der Waals surface area contributed by atoms with Crippen molar-refractivity contribution in [3.63, 3.8) is 0 Å². The van der Waals surface area contributed by atoms with E-state index in [1.165, 1.54) is 0 Å². The quantitative estimate of drug-likeness (QED) is 0.809. The molecule has 2 amide bonds. The van der Waals surface area contributed by atoms with Gasteiger partial charge in [-0.15, -0.1) is 0 Å². The first kappa shape index (κ1) is 19.6. The molecule has 0 heterocycles. The molecule has 1 aliphatic carbocycles. The molecule has 8 heteroatoms. The van der Waals surface area contributed by atoms with E-state index in [1.54, 1.807) is 11.9 Å². The van der Waals surface area contributed by atoms with Gasteiger partial charge in [-0.2, -0.15) is 13.2 Å². The van der Waals surface area contributed by atoms with E-state index in [1.807, 2.05) is 6.92 Å². The van der Waals surface area contributed by atoms with E-state index < -0.39 is 29.5 Å². The molecule has 0 radical (unpaired) electrons. The van der Waals surface area contributed by atoms with E-state index in [4.69, 9.17) is 11.6 Å². The molecule has 1 aromatic rings. The van der Waals surface area contributed by atoms with Crippen molar-refractivity contribution in [1.82, 2.24) is 4.90 Å². The fourth-order valence-electron chi connectivity index (χ4n) is 2.57. The van der Waals surface area contributed by atoms with Gasteiger partial charge in [0.1, 0.15) is 0 Å². The molecule has 2 unspecified atom stereocenters. The van der Waals surface area contributed by atoms with Gasteiger partial charge >= 0.3 is 6.18 Å². The molecule has 1 aliphatic rings. The third-order valence-corrected chi connectivity index (χ3v) is 4.55. The average Bonchev–Trinajstić information content (AvgIpc) is 3.33. The lowest BCUT2D eigenvalue weighted by Crippen LogP contribution is -2.30. The lowest BCUT2D eigenvalue weighted by molar-refractivity contribution is -0.137. The smallest absolute Gasteiger partial charge is 0.346 e. The molecule has 2 rings (SSSR count). The van der Waals surface area contributed by atoms with Gasteiger partial charge in [0.2, 0.25) is 11.8 Å². The zero-order chi connectivity index (χ0) is 18.8. The normalized spacial score (nSPS) is 19.4. The Hall–Kier alpha value is -1.76. The van der Waals surface area contributed by atoms with E-state index >= 15 is 0 Å². The van der Waals surface area contributed by atoms with Gasteiger partial charge in [-0.3, -0.25) is 9.59 Å². The number of halogens is 4. The van der Waals surface area contributed by atoms with Gasteiger partial charge in [0.25, 0.3) is 0 Å². The second-order valence-corrected chi connectivity index (χ2v) is 6.65. The first-order valence-electron chi connectivity index (χ1n) is 8.07. The van der Waals surface area contributed by atoms with Crippen molar-refractivity contribution >= 4 is 29.1 Å². The summed E-state index contributed by atoms with van der Waals surface area (Å²) in [6, 6.07) is 2.74. The summed E-state index contributed by atoms with van der Waals surface area (Å²) in [5.41, 5.74) is -0.992. The van der Waals surface area contributed by atoms with E-state index in [0.717, 1.165) is 31.0 Å². The molecule has 0 aromatic heterocycles. The van der Waals surface area contributed by atoms with Gasteiger partial charge in [-0.25, -0.2) is 0 Å². The van der Waals surface area contributed by atoms with Crippen LogP contribution in [0.5, 0.6) is 0 Å². The number of carbonyl (C=O) groups excluding carboxylic acids is 2. The van der Waals surface area contributed by atoms with Crippen LogP contribution in [-0.4, -0.2) is 30.3 Å². The molecule has 2 atom stereocenters. The minimum atomic E-state index is -4.52. The number of unbranched alkanes of at least 4 members (excludes halogenated alkanes) is 1.